The number of anilines is 1. The first kappa shape index (κ1) is 9.71. The Labute approximate surface area is 92.0 Å². The van der Waals surface area contributed by atoms with E-state index >= 15 is 0 Å². The normalized spacial score (nSPS) is 17.2. The topological polar surface area (TPSA) is 20.3 Å². The fourth-order valence-electron chi connectivity index (χ4n) is 1.73. The Morgan fingerprint density at radius 3 is 2.93 bits per heavy atom. The number of nitrogens with zero attached hydrogens (tertiary/aromatic N) is 1. The van der Waals surface area contributed by atoms with E-state index < -0.39 is 0 Å². The summed E-state index contributed by atoms with van der Waals surface area (Å²) in [5, 5.41) is 0. The number of hydrogen-bond acceptors (Lipinski definition) is 2. The van der Waals surface area contributed by atoms with Crippen LogP contribution in [-0.2, 0) is 4.79 Å². The highest BCUT2D eigenvalue weighted by atomic mass is 79.9. The van der Waals surface area contributed by atoms with Gasteiger partial charge in [-0.05, 0) is 24.6 Å². The first-order valence-corrected chi connectivity index (χ1v) is 5.57. The molecular formula is C11H12BrNO. The average Bonchev–Trinajstić information content (AvgIpc) is 2.18. The van der Waals surface area contributed by atoms with Crippen molar-refractivity contribution in [2.75, 3.05) is 18.0 Å². The molecule has 0 unspecified atom stereocenters. The maximum absolute atomic E-state index is 11.3. The van der Waals surface area contributed by atoms with Crippen molar-refractivity contribution in [1.82, 2.24) is 0 Å². The summed E-state index contributed by atoms with van der Waals surface area (Å²) in [4.78, 5) is 13.4. The van der Waals surface area contributed by atoms with Gasteiger partial charge in [0, 0.05) is 23.1 Å². The maximum Gasteiger partial charge on any atom is 0.152 e. The minimum absolute atomic E-state index is 0.344. The van der Waals surface area contributed by atoms with Gasteiger partial charge < -0.3 is 4.90 Å². The van der Waals surface area contributed by atoms with Gasteiger partial charge in [-0.1, -0.05) is 22.0 Å². The molecule has 0 amide bonds. The predicted octanol–water partition coefficient (Wildman–Crippen LogP) is 2.62. The van der Waals surface area contributed by atoms with Crippen LogP contribution in [0.4, 0.5) is 5.69 Å². The van der Waals surface area contributed by atoms with Crippen molar-refractivity contribution in [1.29, 1.82) is 0 Å². The number of hydrogen-bond donors (Lipinski definition) is 0. The average molecular weight is 254 g/mol. The summed E-state index contributed by atoms with van der Waals surface area (Å²) < 4.78 is 1.06. The molecule has 74 valence electrons. The SMILES string of the molecule is O=C1CCCN(c2cccc(Br)c2)C1. The Morgan fingerprint density at radius 2 is 2.21 bits per heavy atom. The molecule has 0 spiro atoms. The largest absolute Gasteiger partial charge is 0.364 e. The van der Waals surface area contributed by atoms with Crippen molar-refractivity contribution in [3.63, 3.8) is 0 Å². The van der Waals surface area contributed by atoms with Gasteiger partial charge in [0.2, 0.25) is 0 Å². The smallest absolute Gasteiger partial charge is 0.152 e. The number of carbonyl (C=O) groups excluding carboxylic acids is 1. The monoisotopic (exact) mass is 253 g/mol. The lowest BCUT2D eigenvalue weighted by atomic mass is 10.1. The summed E-state index contributed by atoms with van der Waals surface area (Å²) in [7, 11) is 0. The molecule has 0 radical (unpaired) electrons. The lowest BCUT2D eigenvalue weighted by Crippen LogP contribution is -2.35. The highest BCUT2D eigenvalue weighted by molar-refractivity contribution is 9.10. The number of piperidine rings is 1. The van der Waals surface area contributed by atoms with Crippen molar-refractivity contribution in [2.45, 2.75) is 12.8 Å². The van der Waals surface area contributed by atoms with Crippen molar-refractivity contribution in [3.8, 4) is 0 Å². The zero-order chi connectivity index (χ0) is 9.97. The predicted molar refractivity (Wildman–Crippen MR) is 60.6 cm³/mol. The fraction of sp³-hybridized carbons (Fsp3) is 0.364. The summed E-state index contributed by atoms with van der Waals surface area (Å²) >= 11 is 3.43. The zero-order valence-electron chi connectivity index (χ0n) is 7.87. The molecule has 0 N–H and O–H groups in total. The first-order chi connectivity index (χ1) is 6.75. The van der Waals surface area contributed by atoms with Crippen LogP contribution in [0.2, 0.25) is 0 Å². The Bertz CT molecular complexity index is 351. The van der Waals surface area contributed by atoms with E-state index in [1.54, 1.807) is 0 Å². The molecule has 0 atom stereocenters. The van der Waals surface area contributed by atoms with Crippen LogP contribution in [0, 0.1) is 0 Å². The number of halogens is 1. The number of ketones is 1. The van der Waals surface area contributed by atoms with E-state index in [1.807, 2.05) is 18.2 Å². The highest BCUT2D eigenvalue weighted by Crippen LogP contribution is 2.22. The number of benzene rings is 1. The summed E-state index contributed by atoms with van der Waals surface area (Å²) in [5.41, 5.74) is 1.13. The van der Waals surface area contributed by atoms with E-state index in [0.29, 0.717) is 12.3 Å². The number of Topliss-reactive ketones (excluding diaryl/α,β-unsaturated/α-hetero) is 1. The second-order valence-corrected chi connectivity index (χ2v) is 4.46. The molecular weight excluding hydrogens is 242 g/mol. The van der Waals surface area contributed by atoms with E-state index in [9.17, 15) is 4.79 Å². The molecule has 1 aliphatic rings. The van der Waals surface area contributed by atoms with Gasteiger partial charge in [0.15, 0.2) is 5.78 Å². The zero-order valence-corrected chi connectivity index (χ0v) is 9.46. The molecule has 1 saturated heterocycles. The molecule has 14 heavy (non-hydrogen) atoms. The van der Waals surface area contributed by atoms with Gasteiger partial charge in [0.05, 0.1) is 6.54 Å². The van der Waals surface area contributed by atoms with Gasteiger partial charge in [0.25, 0.3) is 0 Å². The lowest BCUT2D eigenvalue weighted by Gasteiger charge is -2.27. The second-order valence-electron chi connectivity index (χ2n) is 3.54. The van der Waals surface area contributed by atoms with Gasteiger partial charge in [0.1, 0.15) is 0 Å². The number of carbonyl (C=O) groups is 1. The third-order valence-electron chi connectivity index (χ3n) is 2.42. The molecule has 2 rings (SSSR count). The van der Waals surface area contributed by atoms with Crippen LogP contribution < -0.4 is 4.90 Å². The Kier molecular flexibility index (Phi) is 2.87. The quantitative estimate of drug-likeness (QED) is 0.767. The Hall–Kier alpha value is -0.830. The fourth-order valence-corrected chi connectivity index (χ4v) is 2.12. The second kappa shape index (κ2) is 4.13. The van der Waals surface area contributed by atoms with Gasteiger partial charge >= 0.3 is 0 Å². The molecule has 1 aliphatic heterocycles. The van der Waals surface area contributed by atoms with Crippen LogP contribution in [-0.4, -0.2) is 18.9 Å². The molecule has 0 aromatic heterocycles. The summed E-state index contributed by atoms with van der Waals surface area (Å²) in [6, 6.07) is 8.09. The van der Waals surface area contributed by atoms with Crippen LogP contribution >= 0.6 is 15.9 Å². The van der Waals surface area contributed by atoms with E-state index in [2.05, 4.69) is 26.9 Å². The third kappa shape index (κ3) is 2.15. The van der Waals surface area contributed by atoms with Crippen LogP contribution in [0.5, 0.6) is 0 Å². The van der Waals surface area contributed by atoms with Crippen LogP contribution in [0.25, 0.3) is 0 Å². The molecule has 0 bridgehead atoms. The van der Waals surface area contributed by atoms with Gasteiger partial charge in [-0.3, -0.25) is 4.79 Å². The van der Waals surface area contributed by atoms with Gasteiger partial charge in [-0.25, -0.2) is 0 Å². The van der Waals surface area contributed by atoms with Crippen molar-refractivity contribution >= 4 is 27.4 Å². The molecule has 0 saturated carbocycles. The molecule has 1 aromatic carbocycles. The first-order valence-electron chi connectivity index (χ1n) is 4.78. The minimum Gasteiger partial charge on any atom is -0.364 e. The van der Waals surface area contributed by atoms with Crippen LogP contribution in [0.15, 0.2) is 28.7 Å². The summed E-state index contributed by atoms with van der Waals surface area (Å²) in [5.74, 6) is 0.344. The van der Waals surface area contributed by atoms with E-state index in [4.69, 9.17) is 0 Å². The Balaban J connectivity index is 2.17. The van der Waals surface area contributed by atoms with E-state index in [1.165, 1.54) is 0 Å². The van der Waals surface area contributed by atoms with Crippen molar-refractivity contribution in [2.24, 2.45) is 0 Å². The molecule has 0 aliphatic carbocycles. The molecule has 2 nitrogen and oxygen atoms in total. The lowest BCUT2D eigenvalue weighted by molar-refractivity contribution is -0.118. The van der Waals surface area contributed by atoms with Gasteiger partial charge in [-0.15, -0.1) is 0 Å². The molecule has 1 heterocycles. The highest BCUT2D eigenvalue weighted by Gasteiger charge is 2.16. The minimum atomic E-state index is 0.344. The molecule has 3 heteroatoms. The standard InChI is InChI=1S/C11H12BrNO/c12-9-3-1-4-10(7-9)13-6-2-5-11(14)8-13/h1,3-4,7H,2,5-6,8H2. The van der Waals surface area contributed by atoms with E-state index in [0.717, 1.165) is 29.5 Å². The van der Waals surface area contributed by atoms with Gasteiger partial charge in [-0.2, -0.15) is 0 Å². The van der Waals surface area contributed by atoms with Crippen LogP contribution in [0.3, 0.4) is 0 Å². The van der Waals surface area contributed by atoms with Crippen LogP contribution in [0.1, 0.15) is 12.8 Å². The molecule has 1 aromatic rings. The molecule has 1 fully saturated rings. The Morgan fingerprint density at radius 1 is 1.36 bits per heavy atom. The maximum atomic E-state index is 11.3. The van der Waals surface area contributed by atoms with Crippen molar-refractivity contribution < 1.29 is 4.79 Å². The van der Waals surface area contributed by atoms with E-state index in [-0.39, 0.29) is 0 Å². The van der Waals surface area contributed by atoms with Crippen molar-refractivity contribution in [3.05, 3.63) is 28.7 Å². The summed E-state index contributed by atoms with van der Waals surface area (Å²) in [6.45, 7) is 1.55. The number of rotatable bonds is 1. The third-order valence-corrected chi connectivity index (χ3v) is 2.92. The summed E-state index contributed by atoms with van der Waals surface area (Å²) in [6.07, 6.45) is 1.72.